The molecule has 24 heavy (non-hydrogen) atoms. The zero-order valence-electron chi connectivity index (χ0n) is 14.3. The SMILES string of the molecule is CN(C)CCn1ccc(NC(=O)c2ccn(C3CCCNC3)n2)n1. The quantitative estimate of drug-likeness (QED) is 0.819. The molecule has 1 unspecified atom stereocenters. The fourth-order valence-corrected chi connectivity index (χ4v) is 2.76. The molecule has 0 bridgehead atoms. The maximum Gasteiger partial charge on any atom is 0.277 e. The molecular weight excluding hydrogens is 306 g/mol. The largest absolute Gasteiger partial charge is 0.315 e. The Morgan fingerprint density at radius 1 is 1.38 bits per heavy atom. The molecule has 1 fully saturated rings. The van der Waals surface area contributed by atoms with Gasteiger partial charge in [-0.25, -0.2) is 0 Å². The standard InChI is InChI=1S/C16H25N7O/c1-21(2)10-11-22-8-6-15(20-22)18-16(24)14-5-9-23(19-14)13-4-3-7-17-12-13/h5-6,8-9,13,17H,3-4,7,10-12H2,1-2H3,(H,18,20,24). The third kappa shape index (κ3) is 4.21. The Bertz CT molecular complexity index is 670. The molecule has 0 aromatic carbocycles. The van der Waals surface area contributed by atoms with E-state index in [0.29, 0.717) is 17.6 Å². The number of nitrogens with zero attached hydrogens (tertiary/aromatic N) is 5. The van der Waals surface area contributed by atoms with Gasteiger partial charge in [-0.05, 0) is 39.5 Å². The van der Waals surface area contributed by atoms with Crippen LogP contribution in [0.2, 0.25) is 0 Å². The first-order valence-electron chi connectivity index (χ1n) is 8.37. The van der Waals surface area contributed by atoms with Gasteiger partial charge >= 0.3 is 0 Å². The van der Waals surface area contributed by atoms with Crippen LogP contribution in [0.5, 0.6) is 0 Å². The molecule has 0 radical (unpaired) electrons. The summed E-state index contributed by atoms with van der Waals surface area (Å²) in [6.07, 6.45) is 5.97. The Kier molecular flexibility index (Phi) is 5.27. The lowest BCUT2D eigenvalue weighted by Gasteiger charge is -2.22. The third-order valence-corrected chi connectivity index (χ3v) is 4.14. The molecule has 0 saturated carbocycles. The first-order valence-corrected chi connectivity index (χ1v) is 8.37. The van der Waals surface area contributed by atoms with Crippen LogP contribution in [-0.4, -0.2) is 64.1 Å². The van der Waals surface area contributed by atoms with E-state index < -0.39 is 0 Å². The molecule has 0 aliphatic carbocycles. The highest BCUT2D eigenvalue weighted by Crippen LogP contribution is 2.16. The van der Waals surface area contributed by atoms with Crippen molar-refractivity contribution in [1.29, 1.82) is 0 Å². The van der Waals surface area contributed by atoms with E-state index in [4.69, 9.17) is 0 Å². The number of piperidine rings is 1. The van der Waals surface area contributed by atoms with Gasteiger partial charge in [0.05, 0.1) is 12.6 Å². The van der Waals surface area contributed by atoms with Crippen LogP contribution >= 0.6 is 0 Å². The number of amides is 1. The van der Waals surface area contributed by atoms with Gasteiger partial charge in [-0.2, -0.15) is 10.2 Å². The second-order valence-electron chi connectivity index (χ2n) is 6.40. The van der Waals surface area contributed by atoms with Crippen molar-refractivity contribution in [2.24, 2.45) is 0 Å². The van der Waals surface area contributed by atoms with Crippen molar-refractivity contribution in [2.75, 3.05) is 39.0 Å². The highest BCUT2D eigenvalue weighted by molar-refractivity contribution is 6.02. The van der Waals surface area contributed by atoms with Crippen molar-refractivity contribution >= 4 is 11.7 Å². The van der Waals surface area contributed by atoms with E-state index in [9.17, 15) is 4.79 Å². The van der Waals surface area contributed by atoms with Crippen LogP contribution in [0, 0.1) is 0 Å². The highest BCUT2D eigenvalue weighted by atomic mass is 16.2. The Morgan fingerprint density at radius 3 is 3.00 bits per heavy atom. The zero-order valence-corrected chi connectivity index (χ0v) is 14.3. The topological polar surface area (TPSA) is 80.0 Å². The Hall–Kier alpha value is -2.19. The minimum atomic E-state index is -0.227. The van der Waals surface area contributed by atoms with Crippen molar-refractivity contribution in [3.63, 3.8) is 0 Å². The number of likely N-dealkylation sites (N-methyl/N-ethyl adjacent to an activating group) is 1. The van der Waals surface area contributed by atoms with E-state index in [1.54, 1.807) is 12.1 Å². The van der Waals surface area contributed by atoms with Crippen LogP contribution in [-0.2, 0) is 6.54 Å². The van der Waals surface area contributed by atoms with Gasteiger partial charge in [-0.1, -0.05) is 0 Å². The van der Waals surface area contributed by atoms with Gasteiger partial charge in [0, 0.05) is 31.5 Å². The van der Waals surface area contributed by atoms with Crippen LogP contribution in [0.4, 0.5) is 5.82 Å². The van der Waals surface area contributed by atoms with E-state index in [2.05, 4.69) is 25.7 Å². The van der Waals surface area contributed by atoms with Crippen molar-refractivity contribution in [2.45, 2.75) is 25.4 Å². The summed E-state index contributed by atoms with van der Waals surface area (Å²) in [5.74, 6) is 0.322. The summed E-state index contributed by atoms with van der Waals surface area (Å²) in [7, 11) is 4.04. The second kappa shape index (κ2) is 7.59. The van der Waals surface area contributed by atoms with Gasteiger partial charge in [-0.3, -0.25) is 14.2 Å². The van der Waals surface area contributed by atoms with Crippen LogP contribution < -0.4 is 10.6 Å². The first kappa shape index (κ1) is 16.7. The molecule has 3 rings (SSSR count). The van der Waals surface area contributed by atoms with Crippen molar-refractivity contribution in [3.05, 3.63) is 30.2 Å². The normalized spacial score (nSPS) is 18.0. The second-order valence-corrected chi connectivity index (χ2v) is 6.40. The number of rotatable bonds is 6. The number of carbonyl (C=O) groups excluding carboxylic acids is 1. The fraction of sp³-hybridized carbons (Fsp3) is 0.562. The molecule has 1 saturated heterocycles. The molecule has 3 heterocycles. The number of aromatic nitrogens is 4. The number of nitrogens with one attached hydrogen (secondary N) is 2. The average Bonchev–Trinajstić information content (AvgIpc) is 3.23. The lowest BCUT2D eigenvalue weighted by molar-refractivity contribution is 0.102. The predicted octanol–water partition coefficient (Wildman–Crippen LogP) is 0.818. The molecule has 2 aromatic heterocycles. The minimum Gasteiger partial charge on any atom is -0.315 e. The molecule has 2 aromatic rings. The van der Waals surface area contributed by atoms with Gasteiger partial charge < -0.3 is 15.5 Å². The number of anilines is 1. The van der Waals surface area contributed by atoms with Gasteiger partial charge in [0.15, 0.2) is 11.5 Å². The summed E-state index contributed by atoms with van der Waals surface area (Å²) in [6.45, 7) is 3.64. The number of hydrogen-bond donors (Lipinski definition) is 2. The van der Waals surface area contributed by atoms with Crippen LogP contribution in [0.25, 0.3) is 0 Å². The predicted molar refractivity (Wildman–Crippen MR) is 92.1 cm³/mol. The molecule has 0 spiro atoms. The van der Waals surface area contributed by atoms with E-state index in [1.807, 2.05) is 35.9 Å². The Labute approximate surface area is 141 Å². The maximum absolute atomic E-state index is 12.3. The minimum absolute atomic E-state index is 0.227. The molecule has 8 nitrogen and oxygen atoms in total. The fourth-order valence-electron chi connectivity index (χ4n) is 2.76. The lowest BCUT2D eigenvalue weighted by Crippen LogP contribution is -2.32. The summed E-state index contributed by atoms with van der Waals surface area (Å²) < 4.78 is 3.71. The summed E-state index contributed by atoms with van der Waals surface area (Å²) in [5.41, 5.74) is 0.420. The molecule has 1 amide bonds. The van der Waals surface area contributed by atoms with E-state index in [0.717, 1.165) is 39.0 Å². The molecule has 1 atom stereocenters. The first-order chi connectivity index (χ1) is 11.6. The number of carbonyl (C=O) groups is 1. The lowest BCUT2D eigenvalue weighted by atomic mass is 10.1. The summed E-state index contributed by atoms with van der Waals surface area (Å²) >= 11 is 0. The summed E-state index contributed by atoms with van der Waals surface area (Å²) in [5, 5.41) is 14.9. The molecule has 1 aliphatic heterocycles. The van der Waals surface area contributed by atoms with E-state index in [-0.39, 0.29) is 5.91 Å². The van der Waals surface area contributed by atoms with Gasteiger partial charge in [0.25, 0.3) is 5.91 Å². The zero-order chi connectivity index (χ0) is 16.9. The van der Waals surface area contributed by atoms with Crippen LogP contribution in [0.1, 0.15) is 29.4 Å². The molecule has 2 N–H and O–H groups in total. The average molecular weight is 331 g/mol. The van der Waals surface area contributed by atoms with E-state index in [1.165, 1.54) is 0 Å². The van der Waals surface area contributed by atoms with E-state index >= 15 is 0 Å². The van der Waals surface area contributed by atoms with Crippen LogP contribution in [0.15, 0.2) is 24.5 Å². The van der Waals surface area contributed by atoms with Crippen molar-refractivity contribution < 1.29 is 4.79 Å². The number of hydrogen-bond acceptors (Lipinski definition) is 5. The van der Waals surface area contributed by atoms with Gasteiger partial charge in [0.1, 0.15) is 0 Å². The summed E-state index contributed by atoms with van der Waals surface area (Å²) in [4.78, 5) is 14.4. The highest BCUT2D eigenvalue weighted by Gasteiger charge is 2.18. The maximum atomic E-state index is 12.3. The Morgan fingerprint density at radius 2 is 2.25 bits per heavy atom. The summed E-state index contributed by atoms with van der Waals surface area (Å²) in [6, 6.07) is 3.88. The molecule has 8 heteroatoms. The third-order valence-electron chi connectivity index (χ3n) is 4.14. The van der Waals surface area contributed by atoms with Gasteiger partial charge in [0.2, 0.25) is 0 Å². The molecular formula is C16H25N7O. The van der Waals surface area contributed by atoms with Crippen molar-refractivity contribution in [3.8, 4) is 0 Å². The monoisotopic (exact) mass is 331 g/mol. The smallest absolute Gasteiger partial charge is 0.277 e. The van der Waals surface area contributed by atoms with Crippen molar-refractivity contribution in [1.82, 2.24) is 29.8 Å². The van der Waals surface area contributed by atoms with Gasteiger partial charge in [-0.15, -0.1) is 0 Å². The van der Waals surface area contributed by atoms with Crippen LogP contribution in [0.3, 0.4) is 0 Å². The molecule has 1 aliphatic rings. The molecule has 130 valence electrons. The Balaban J connectivity index is 1.58.